The molecule has 132 valence electrons. The second-order valence-electron chi connectivity index (χ2n) is 5.94. The number of ether oxygens (including phenoxy) is 2. The molecule has 0 unspecified atom stereocenters. The number of carbonyl (C=O) groups excluding carboxylic acids is 1. The molecule has 1 fully saturated rings. The van der Waals surface area contributed by atoms with E-state index in [0.29, 0.717) is 37.6 Å². The Labute approximate surface area is 142 Å². The van der Waals surface area contributed by atoms with Gasteiger partial charge >= 0.3 is 6.09 Å². The Bertz CT molecular complexity index is 719. The number of rotatable bonds is 2. The van der Waals surface area contributed by atoms with Gasteiger partial charge in [-0.15, -0.1) is 0 Å². The van der Waals surface area contributed by atoms with E-state index in [-0.39, 0.29) is 6.54 Å². The topological polar surface area (TPSA) is 76.2 Å². The number of hydrogen-bond donors (Lipinski definition) is 0. The minimum atomic E-state index is -3.58. The standard InChI is InChI=1S/C16H22N2O5S/c1-22-16(19)17-7-3-8-18(10-9-17)24(20,21)14-5-6-15-13(12-14)4-2-11-23-15/h5-6,12H,2-4,7-11H2,1H3. The lowest BCUT2D eigenvalue weighted by atomic mass is 10.1. The Kier molecular flexibility index (Phi) is 4.96. The third-order valence-electron chi connectivity index (χ3n) is 4.41. The van der Waals surface area contributed by atoms with Crippen molar-refractivity contribution in [3.8, 4) is 5.75 Å². The maximum atomic E-state index is 12.9. The summed E-state index contributed by atoms with van der Waals surface area (Å²) in [7, 11) is -2.25. The molecule has 0 bridgehead atoms. The summed E-state index contributed by atoms with van der Waals surface area (Å²) >= 11 is 0. The van der Waals surface area contributed by atoms with E-state index in [2.05, 4.69) is 0 Å². The quantitative estimate of drug-likeness (QED) is 0.804. The molecular weight excluding hydrogens is 332 g/mol. The van der Waals surface area contributed by atoms with Gasteiger partial charge in [0.2, 0.25) is 10.0 Å². The number of sulfonamides is 1. The van der Waals surface area contributed by atoms with Gasteiger partial charge in [0.15, 0.2) is 0 Å². The average molecular weight is 354 g/mol. The Morgan fingerprint density at radius 1 is 1.17 bits per heavy atom. The van der Waals surface area contributed by atoms with Crippen LogP contribution in [0.4, 0.5) is 4.79 Å². The monoisotopic (exact) mass is 354 g/mol. The number of hydrogen-bond acceptors (Lipinski definition) is 5. The lowest BCUT2D eigenvalue weighted by molar-refractivity contribution is 0.126. The summed E-state index contributed by atoms with van der Waals surface area (Å²) in [4.78, 5) is 13.5. The first-order valence-electron chi connectivity index (χ1n) is 8.11. The highest BCUT2D eigenvalue weighted by atomic mass is 32.2. The van der Waals surface area contributed by atoms with E-state index in [1.165, 1.54) is 16.3 Å². The minimum Gasteiger partial charge on any atom is -0.493 e. The first-order valence-corrected chi connectivity index (χ1v) is 9.55. The molecule has 2 aliphatic rings. The predicted molar refractivity (Wildman–Crippen MR) is 87.6 cm³/mol. The Hall–Kier alpha value is -1.80. The third-order valence-corrected chi connectivity index (χ3v) is 6.30. The van der Waals surface area contributed by atoms with Gasteiger partial charge in [-0.1, -0.05) is 0 Å². The number of benzene rings is 1. The Morgan fingerprint density at radius 2 is 2.00 bits per heavy atom. The van der Waals surface area contributed by atoms with Gasteiger partial charge in [-0.3, -0.25) is 0 Å². The van der Waals surface area contributed by atoms with Crippen LogP contribution in [0.5, 0.6) is 5.75 Å². The van der Waals surface area contributed by atoms with Crippen molar-refractivity contribution in [1.29, 1.82) is 0 Å². The fourth-order valence-corrected chi connectivity index (χ4v) is 4.61. The predicted octanol–water partition coefficient (Wildman–Crippen LogP) is 1.47. The fraction of sp³-hybridized carbons (Fsp3) is 0.562. The maximum Gasteiger partial charge on any atom is 0.409 e. The summed E-state index contributed by atoms with van der Waals surface area (Å²) in [6, 6.07) is 5.05. The van der Waals surface area contributed by atoms with E-state index in [1.54, 1.807) is 18.2 Å². The van der Waals surface area contributed by atoms with Crippen LogP contribution >= 0.6 is 0 Å². The first-order chi connectivity index (χ1) is 11.5. The minimum absolute atomic E-state index is 0.269. The van der Waals surface area contributed by atoms with E-state index >= 15 is 0 Å². The molecule has 0 aromatic heterocycles. The van der Waals surface area contributed by atoms with Crippen molar-refractivity contribution in [2.24, 2.45) is 0 Å². The molecule has 0 spiro atoms. The van der Waals surface area contributed by atoms with Gasteiger partial charge in [-0.25, -0.2) is 13.2 Å². The highest BCUT2D eigenvalue weighted by Crippen LogP contribution is 2.28. The van der Waals surface area contributed by atoms with Crippen molar-refractivity contribution in [2.45, 2.75) is 24.2 Å². The summed E-state index contributed by atoms with van der Waals surface area (Å²) in [5.74, 6) is 0.771. The number of nitrogens with zero attached hydrogens (tertiary/aromatic N) is 2. The zero-order valence-corrected chi connectivity index (χ0v) is 14.5. The van der Waals surface area contributed by atoms with Crippen molar-refractivity contribution in [3.05, 3.63) is 23.8 Å². The summed E-state index contributed by atoms with van der Waals surface area (Å²) in [6.45, 7) is 2.17. The number of methoxy groups -OCH3 is 1. The van der Waals surface area contributed by atoms with E-state index < -0.39 is 16.1 Å². The average Bonchev–Trinajstić information content (AvgIpc) is 2.87. The number of carbonyl (C=O) groups is 1. The Balaban J connectivity index is 1.79. The van der Waals surface area contributed by atoms with Crippen LogP contribution in [0.25, 0.3) is 0 Å². The van der Waals surface area contributed by atoms with Crippen LogP contribution in [0.15, 0.2) is 23.1 Å². The van der Waals surface area contributed by atoms with E-state index in [1.807, 2.05) is 0 Å². The number of amides is 1. The molecule has 1 amide bonds. The van der Waals surface area contributed by atoms with Crippen molar-refractivity contribution in [2.75, 3.05) is 39.9 Å². The zero-order chi connectivity index (χ0) is 17.2. The maximum absolute atomic E-state index is 12.9. The summed E-state index contributed by atoms with van der Waals surface area (Å²) in [5, 5.41) is 0. The molecule has 1 aromatic carbocycles. The molecule has 2 heterocycles. The summed E-state index contributed by atoms with van der Waals surface area (Å²) in [5.41, 5.74) is 0.938. The van der Waals surface area contributed by atoms with E-state index in [9.17, 15) is 13.2 Å². The van der Waals surface area contributed by atoms with Crippen molar-refractivity contribution in [1.82, 2.24) is 9.21 Å². The smallest absolute Gasteiger partial charge is 0.409 e. The van der Waals surface area contributed by atoms with Gasteiger partial charge in [-0.2, -0.15) is 4.31 Å². The third kappa shape index (κ3) is 3.34. The van der Waals surface area contributed by atoms with Crippen LogP contribution in [-0.4, -0.2) is 63.6 Å². The van der Waals surface area contributed by atoms with Crippen molar-refractivity contribution >= 4 is 16.1 Å². The van der Waals surface area contributed by atoms with E-state index in [0.717, 1.165) is 24.2 Å². The van der Waals surface area contributed by atoms with Crippen LogP contribution in [-0.2, 0) is 21.2 Å². The SMILES string of the molecule is COC(=O)N1CCCN(S(=O)(=O)c2ccc3c(c2)CCCO3)CC1. The largest absolute Gasteiger partial charge is 0.493 e. The molecule has 2 aliphatic heterocycles. The molecule has 0 atom stereocenters. The van der Waals surface area contributed by atoms with Crippen LogP contribution in [0.1, 0.15) is 18.4 Å². The van der Waals surface area contributed by atoms with Crippen LogP contribution in [0, 0.1) is 0 Å². The Morgan fingerprint density at radius 3 is 2.79 bits per heavy atom. The number of fused-ring (bicyclic) bond motifs is 1. The second kappa shape index (κ2) is 6.98. The first kappa shape index (κ1) is 17.0. The molecular formula is C16H22N2O5S. The van der Waals surface area contributed by atoms with Gasteiger partial charge in [0, 0.05) is 26.2 Å². The molecule has 0 N–H and O–H groups in total. The molecule has 1 aromatic rings. The van der Waals surface area contributed by atoms with Gasteiger partial charge in [0.25, 0.3) is 0 Å². The summed E-state index contributed by atoms with van der Waals surface area (Å²) < 4.78 is 37.6. The van der Waals surface area contributed by atoms with Crippen molar-refractivity contribution in [3.63, 3.8) is 0 Å². The van der Waals surface area contributed by atoms with Crippen molar-refractivity contribution < 1.29 is 22.7 Å². The van der Waals surface area contributed by atoms with E-state index in [4.69, 9.17) is 9.47 Å². The lowest BCUT2D eigenvalue weighted by Crippen LogP contribution is -2.37. The number of aryl methyl sites for hydroxylation is 1. The fourth-order valence-electron chi connectivity index (χ4n) is 3.09. The van der Waals surface area contributed by atoms with Gasteiger partial charge < -0.3 is 14.4 Å². The molecule has 24 heavy (non-hydrogen) atoms. The molecule has 3 rings (SSSR count). The molecule has 8 heteroatoms. The van der Waals surface area contributed by atoms with Gasteiger partial charge in [-0.05, 0) is 43.0 Å². The lowest BCUT2D eigenvalue weighted by Gasteiger charge is -2.22. The summed E-state index contributed by atoms with van der Waals surface area (Å²) in [6.07, 6.45) is 1.89. The van der Waals surface area contributed by atoms with Crippen LogP contribution in [0.3, 0.4) is 0 Å². The highest BCUT2D eigenvalue weighted by molar-refractivity contribution is 7.89. The van der Waals surface area contributed by atoms with Gasteiger partial charge in [0.1, 0.15) is 5.75 Å². The molecule has 1 saturated heterocycles. The van der Waals surface area contributed by atoms with Crippen LogP contribution in [0.2, 0.25) is 0 Å². The highest BCUT2D eigenvalue weighted by Gasteiger charge is 2.29. The molecule has 7 nitrogen and oxygen atoms in total. The molecule has 0 aliphatic carbocycles. The second-order valence-corrected chi connectivity index (χ2v) is 7.87. The molecule has 0 radical (unpaired) electrons. The zero-order valence-electron chi connectivity index (χ0n) is 13.7. The van der Waals surface area contributed by atoms with Gasteiger partial charge in [0.05, 0.1) is 18.6 Å². The normalized spacial score (nSPS) is 19.1. The van der Waals surface area contributed by atoms with Crippen LogP contribution < -0.4 is 4.74 Å². The molecule has 0 saturated carbocycles.